The van der Waals surface area contributed by atoms with Crippen molar-refractivity contribution in [1.29, 1.82) is 0 Å². The van der Waals surface area contributed by atoms with Gasteiger partial charge in [0.1, 0.15) is 5.56 Å². The van der Waals surface area contributed by atoms with E-state index in [1.165, 1.54) is 12.1 Å². The minimum Gasteiger partial charge on any atom is -0.258 e. The molecule has 0 aliphatic rings. The largest absolute Gasteiger partial charge is 0.286 e. The third kappa shape index (κ3) is 3.54. The van der Waals surface area contributed by atoms with Gasteiger partial charge in [-0.3, -0.25) is 10.1 Å². The van der Waals surface area contributed by atoms with E-state index < -0.39 is 14.8 Å². The summed E-state index contributed by atoms with van der Waals surface area (Å²) in [7, 11) is -3.46. The highest BCUT2D eigenvalue weighted by Gasteiger charge is 2.17. The Labute approximate surface area is 107 Å². The molecule has 0 N–H and O–H groups in total. The number of benzene rings is 1. The van der Waals surface area contributed by atoms with Crippen molar-refractivity contribution < 1.29 is 13.3 Å². The number of nitro benzene ring substituents is 1. The minimum atomic E-state index is -3.46. The molecule has 0 bridgehead atoms. The Balaban J connectivity index is 3.43. The highest BCUT2D eigenvalue weighted by Crippen LogP contribution is 2.22. The summed E-state index contributed by atoms with van der Waals surface area (Å²) in [5.74, 6) is 5.22. The molecule has 0 aromatic heterocycles. The first-order valence-electron chi connectivity index (χ1n) is 4.39. The molecule has 0 aliphatic heterocycles. The van der Waals surface area contributed by atoms with Crippen LogP contribution in [0.1, 0.15) is 5.56 Å². The SMILES string of the molecule is CS(=O)(=O)c1ccc(C#CCBr)c([N+](=O)[O-])c1. The lowest BCUT2D eigenvalue weighted by molar-refractivity contribution is -0.385. The van der Waals surface area contributed by atoms with E-state index >= 15 is 0 Å². The molecule has 1 aromatic rings. The predicted octanol–water partition coefficient (Wildman–Crippen LogP) is 1.74. The molecule has 17 heavy (non-hydrogen) atoms. The van der Waals surface area contributed by atoms with Gasteiger partial charge < -0.3 is 0 Å². The third-order valence-electron chi connectivity index (χ3n) is 1.88. The second-order valence-electron chi connectivity index (χ2n) is 3.14. The van der Waals surface area contributed by atoms with Crippen molar-refractivity contribution >= 4 is 31.5 Å². The zero-order valence-electron chi connectivity index (χ0n) is 8.81. The zero-order valence-corrected chi connectivity index (χ0v) is 11.2. The lowest BCUT2D eigenvalue weighted by atomic mass is 10.2. The maximum absolute atomic E-state index is 11.3. The summed E-state index contributed by atoms with van der Waals surface area (Å²) in [6.07, 6.45) is 0.996. The molecule has 0 saturated heterocycles. The van der Waals surface area contributed by atoms with Gasteiger partial charge in [-0.1, -0.05) is 27.8 Å². The van der Waals surface area contributed by atoms with Crippen LogP contribution in [0.4, 0.5) is 5.69 Å². The van der Waals surface area contributed by atoms with E-state index in [0.29, 0.717) is 5.33 Å². The fourth-order valence-corrected chi connectivity index (χ4v) is 1.91. The van der Waals surface area contributed by atoms with Crippen LogP contribution in [0.2, 0.25) is 0 Å². The van der Waals surface area contributed by atoms with Gasteiger partial charge in [0, 0.05) is 12.3 Å². The van der Waals surface area contributed by atoms with Crippen LogP contribution in [0.15, 0.2) is 23.1 Å². The summed E-state index contributed by atoms with van der Waals surface area (Å²) in [6.45, 7) is 0. The topological polar surface area (TPSA) is 77.3 Å². The Kier molecular flexibility index (Phi) is 4.26. The molecule has 0 saturated carbocycles. The summed E-state index contributed by atoms with van der Waals surface area (Å²) >= 11 is 3.08. The summed E-state index contributed by atoms with van der Waals surface area (Å²) in [5, 5.41) is 11.2. The average molecular weight is 318 g/mol. The standard InChI is InChI=1S/C10H8BrNO4S/c1-17(15,16)9-5-4-8(3-2-6-11)10(7-9)12(13)14/h4-5,7H,6H2,1H3. The number of sulfone groups is 1. The summed E-state index contributed by atoms with van der Waals surface area (Å²) in [5.41, 5.74) is -0.108. The van der Waals surface area contributed by atoms with Gasteiger partial charge in [0.25, 0.3) is 5.69 Å². The summed E-state index contributed by atoms with van der Waals surface area (Å²) in [6, 6.07) is 3.67. The molecule has 90 valence electrons. The first kappa shape index (κ1) is 13.7. The van der Waals surface area contributed by atoms with E-state index in [4.69, 9.17) is 0 Å². The molecule has 7 heteroatoms. The van der Waals surface area contributed by atoms with Crippen LogP contribution in [0.5, 0.6) is 0 Å². The van der Waals surface area contributed by atoms with Gasteiger partial charge in [0.15, 0.2) is 9.84 Å². The molecule has 0 amide bonds. The van der Waals surface area contributed by atoms with E-state index in [-0.39, 0.29) is 16.1 Å². The molecule has 0 heterocycles. The van der Waals surface area contributed by atoms with Gasteiger partial charge in [-0.2, -0.15) is 0 Å². The van der Waals surface area contributed by atoms with Crippen LogP contribution >= 0.6 is 15.9 Å². The molecule has 0 aliphatic carbocycles. The lowest BCUT2D eigenvalue weighted by Gasteiger charge is -2.00. The zero-order chi connectivity index (χ0) is 13.1. The molecule has 1 aromatic carbocycles. The number of nitro groups is 1. The van der Waals surface area contributed by atoms with Crippen LogP contribution < -0.4 is 0 Å². The molecule has 5 nitrogen and oxygen atoms in total. The quantitative estimate of drug-likeness (QED) is 0.360. The first-order chi connectivity index (χ1) is 7.86. The monoisotopic (exact) mass is 317 g/mol. The average Bonchev–Trinajstić information content (AvgIpc) is 2.24. The molecular weight excluding hydrogens is 310 g/mol. The number of nitrogens with zero attached hydrogens (tertiary/aromatic N) is 1. The second kappa shape index (κ2) is 5.29. The van der Waals surface area contributed by atoms with Crippen molar-refractivity contribution in [2.24, 2.45) is 0 Å². The fraction of sp³-hybridized carbons (Fsp3) is 0.200. The Hall–Kier alpha value is -1.39. The fourth-order valence-electron chi connectivity index (χ4n) is 1.13. The summed E-state index contributed by atoms with van der Waals surface area (Å²) < 4.78 is 22.5. The van der Waals surface area contributed by atoms with Crippen molar-refractivity contribution in [2.75, 3.05) is 11.6 Å². The normalized spacial score (nSPS) is 10.5. The number of hydrogen-bond donors (Lipinski definition) is 0. The van der Waals surface area contributed by atoms with Gasteiger partial charge in [-0.25, -0.2) is 8.42 Å². The van der Waals surface area contributed by atoms with Gasteiger partial charge in [0.05, 0.1) is 15.1 Å². The lowest BCUT2D eigenvalue weighted by Crippen LogP contribution is -2.00. The Morgan fingerprint density at radius 3 is 2.59 bits per heavy atom. The van der Waals surface area contributed by atoms with Crippen LogP contribution in [0.25, 0.3) is 0 Å². The highest BCUT2D eigenvalue weighted by atomic mass is 79.9. The number of halogens is 1. The second-order valence-corrected chi connectivity index (χ2v) is 5.72. The van der Waals surface area contributed by atoms with Crippen molar-refractivity contribution in [3.63, 3.8) is 0 Å². The van der Waals surface area contributed by atoms with E-state index in [1.807, 2.05) is 0 Å². The van der Waals surface area contributed by atoms with Crippen molar-refractivity contribution in [3.05, 3.63) is 33.9 Å². The Morgan fingerprint density at radius 1 is 1.47 bits per heavy atom. The van der Waals surface area contributed by atoms with Crippen molar-refractivity contribution in [3.8, 4) is 11.8 Å². The summed E-state index contributed by atoms with van der Waals surface area (Å²) in [4.78, 5) is 10.1. The highest BCUT2D eigenvalue weighted by molar-refractivity contribution is 9.09. The molecule has 0 atom stereocenters. The molecular formula is C10H8BrNO4S. The molecule has 0 spiro atoms. The maximum atomic E-state index is 11.3. The Morgan fingerprint density at radius 2 is 2.12 bits per heavy atom. The van der Waals surface area contributed by atoms with Crippen molar-refractivity contribution in [1.82, 2.24) is 0 Å². The minimum absolute atomic E-state index is 0.0893. The van der Waals surface area contributed by atoms with Crippen LogP contribution in [0.3, 0.4) is 0 Å². The van der Waals surface area contributed by atoms with E-state index in [2.05, 4.69) is 27.8 Å². The van der Waals surface area contributed by atoms with E-state index in [0.717, 1.165) is 12.3 Å². The number of rotatable bonds is 2. The number of alkyl halides is 1. The van der Waals surface area contributed by atoms with E-state index in [1.54, 1.807) is 0 Å². The van der Waals surface area contributed by atoms with E-state index in [9.17, 15) is 18.5 Å². The van der Waals surface area contributed by atoms with Gasteiger partial charge in [-0.15, -0.1) is 0 Å². The van der Waals surface area contributed by atoms with Crippen LogP contribution in [-0.4, -0.2) is 24.9 Å². The van der Waals surface area contributed by atoms with Gasteiger partial charge in [0.2, 0.25) is 0 Å². The number of hydrogen-bond acceptors (Lipinski definition) is 4. The smallest absolute Gasteiger partial charge is 0.258 e. The van der Waals surface area contributed by atoms with Crippen LogP contribution in [-0.2, 0) is 9.84 Å². The Bertz CT molecular complexity index is 613. The third-order valence-corrected chi connectivity index (χ3v) is 3.27. The first-order valence-corrected chi connectivity index (χ1v) is 7.41. The van der Waals surface area contributed by atoms with Crippen molar-refractivity contribution in [2.45, 2.75) is 4.90 Å². The molecule has 0 fully saturated rings. The molecule has 1 rings (SSSR count). The van der Waals surface area contributed by atoms with Gasteiger partial charge in [-0.05, 0) is 12.1 Å². The molecule has 0 radical (unpaired) electrons. The molecule has 0 unspecified atom stereocenters. The van der Waals surface area contributed by atoms with Crippen LogP contribution in [0, 0.1) is 22.0 Å². The predicted molar refractivity (Wildman–Crippen MR) is 66.9 cm³/mol. The maximum Gasteiger partial charge on any atom is 0.286 e. The van der Waals surface area contributed by atoms with Gasteiger partial charge >= 0.3 is 0 Å².